The van der Waals surface area contributed by atoms with Gasteiger partial charge in [0, 0.05) is 6.54 Å². The third-order valence-electron chi connectivity index (χ3n) is 10.2. The van der Waals surface area contributed by atoms with Crippen LogP contribution in [0.25, 0.3) is 0 Å². The number of amides is 1. The van der Waals surface area contributed by atoms with Gasteiger partial charge in [-0.25, -0.2) is 4.79 Å². The SMILES string of the molecule is C[C@]12CCC3C(CCC4=C/C(=N/OCC(=O)N5CCCC5C(=O)O)CC[C@@]43C)C1CCC2O. The molecule has 1 heterocycles. The van der Waals surface area contributed by atoms with Crippen molar-refractivity contribution in [1.82, 2.24) is 4.90 Å². The molecule has 7 nitrogen and oxygen atoms in total. The summed E-state index contributed by atoms with van der Waals surface area (Å²) in [5.74, 6) is 0.775. The van der Waals surface area contributed by atoms with Crippen molar-refractivity contribution < 1.29 is 24.6 Å². The number of allylic oxidation sites excluding steroid dienone is 2. The Morgan fingerprint density at radius 2 is 1.94 bits per heavy atom. The van der Waals surface area contributed by atoms with Crippen LogP contribution in [0, 0.1) is 28.6 Å². The second-order valence-electron chi connectivity index (χ2n) is 11.6. The van der Waals surface area contributed by atoms with Gasteiger partial charge in [-0.1, -0.05) is 24.6 Å². The van der Waals surface area contributed by atoms with E-state index in [-0.39, 0.29) is 29.4 Å². The van der Waals surface area contributed by atoms with Crippen LogP contribution in [0.3, 0.4) is 0 Å². The highest BCUT2D eigenvalue weighted by Crippen LogP contribution is 2.65. The van der Waals surface area contributed by atoms with Gasteiger partial charge in [0.25, 0.3) is 5.91 Å². The Balaban J connectivity index is 1.24. The first-order valence-corrected chi connectivity index (χ1v) is 12.8. The number of fused-ring (bicyclic) bond motifs is 5. The first-order chi connectivity index (χ1) is 15.7. The summed E-state index contributed by atoms with van der Waals surface area (Å²) in [7, 11) is 0. The lowest BCUT2D eigenvalue weighted by Gasteiger charge is -2.57. The van der Waals surface area contributed by atoms with Crippen LogP contribution in [0.2, 0.25) is 0 Å². The number of carbonyl (C=O) groups is 2. The van der Waals surface area contributed by atoms with Gasteiger partial charge in [0.1, 0.15) is 6.04 Å². The van der Waals surface area contributed by atoms with Crippen molar-refractivity contribution in [3.05, 3.63) is 11.6 Å². The predicted molar refractivity (Wildman–Crippen MR) is 123 cm³/mol. The average Bonchev–Trinajstić information content (AvgIpc) is 3.39. The smallest absolute Gasteiger partial charge is 0.326 e. The average molecular weight is 459 g/mol. The molecule has 0 bridgehead atoms. The third-order valence-corrected chi connectivity index (χ3v) is 10.2. The molecule has 4 aliphatic carbocycles. The second kappa shape index (κ2) is 8.40. The van der Waals surface area contributed by atoms with Gasteiger partial charge in [0.15, 0.2) is 6.61 Å². The predicted octanol–water partition coefficient (Wildman–Crippen LogP) is 3.76. The van der Waals surface area contributed by atoms with Gasteiger partial charge in [0.2, 0.25) is 0 Å². The number of aliphatic hydroxyl groups is 1. The van der Waals surface area contributed by atoms with Gasteiger partial charge >= 0.3 is 5.97 Å². The summed E-state index contributed by atoms with van der Waals surface area (Å²) in [5.41, 5.74) is 2.66. The molecule has 1 amide bonds. The molecule has 0 aromatic heterocycles. The van der Waals surface area contributed by atoms with E-state index in [9.17, 15) is 19.8 Å². The molecule has 3 saturated carbocycles. The molecule has 5 rings (SSSR count). The summed E-state index contributed by atoms with van der Waals surface area (Å²) in [6.07, 6.45) is 11.9. The monoisotopic (exact) mass is 458 g/mol. The number of carboxylic acids is 1. The molecule has 182 valence electrons. The van der Waals surface area contributed by atoms with Crippen molar-refractivity contribution >= 4 is 17.6 Å². The number of aliphatic carboxylic acids is 1. The van der Waals surface area contributed by atoms with Crippen molar-refractivity contribution in [2.24, 2.45) is 33.7 Å². The van der Waals surface area contributed by atoms with Crippen molar-refractivity contribution in [1.29, 1.82) is 0 Å². The number of rotatable bonds is 4. The van der Waals surface area contributed by atoms with Gasteiger partial charge < -0.3 is 20.0 Å². The zero-order chi connectivity index (χ0) is 23.4. The number of aliphatic hydroxyl groups excluding tert-OH is 1. The Bertz CT molecular complexity index is 884. The molecular formula is C26H38N2O5. The molecule has 2 N–H and O–H groups in total. The number of likely N-dealkylation sites (tertiary alicyclic amines) is 1. The maximum atomic E-state index is 12.4. The molecule has 33 heavy (non-hydrogen) atoms. The van der Waals surface area contributed by atoms with E-state index in [1.165, 1.54) is 29.7 Å². The van der Waals surface area contributed by atoms with Gasteiger partial charge in [-0.05, 0) is 98.9 Å². The number of hydrogen-bond donors (Lipinski definition) is 2. The zero-order valence-electron chi connectivity index (χ0n) is 20.0. The van der Waals surface area contributed by atoms with Crippen LogP contribution < -0.4 is 0 Å². The molecule has 5 aliphatic rings. The molecule has 0 radical (unpaired) electrons. The first-order valence-electron chi connectivity index (χ1n) is 12.8. The standard InChI is InChI=1S/C26H38N2O5/c1-25-11-9-17(27-33-15-23(30)28-13-3-4-21(28)24(31)32)14-16(25)5-6-18-19-7-8-22(29)26(19,2)12-10-20(18)25/h14,18-22,29H,3-13,15H2,1-2H3,(H,31,32)/b27-17+/t18?,19?,20?,21?,22?,25-,26-/m0/s1. The van der Waals surface area contributed by atoms with Crippen LogP contribution >= 0.6 is 0 Å². The largest absolute Gasteiger partial charge is 0.480 e. The molecular weight excluding hydrogens is 420 g/mol. The van der Waals surface area contributed by atoms with E-state index < -0.39 is 12.0 Å². The van der Waals surface area contributed by atoms with E-state index in [2.05, 4.69) is 25.1 Å². The van der Waals surface area contributed by atoms with E-state index in [0.717, 1.165) is 37.8 Å². The van der Waals surface area contributed by atoms with E-state index in [1.54, 1.807) is 0 Å². The number of nitrogens with zero attached hydrogens (tertiary/aromatic N) is 2. The second-order valence-corrected chi connectivity index (χ2v) is 11.6. The van der Waals surface area contributed by atoms with Gasteiger partial charge in [-0.15, -0.1) is 0 Å². The highest BCUT2D eigenvalue weighted by molar-refractivity contribution is 5.96. The summed E-state index contributed by atoms with van der Waals surface area (Å²) in [6.45, 7) is 5.02. The molecule has 0 spiro atoms. The zero-order valence-corrected chi connectivity index (χ0v) is 20.0. The Morgan fingerprint density at radius 1 is 1.12 bits per heavy atom. The fourth-order valence-corrected chi connectivity index (χ4v) is 8.19. The van der Waals surface area contributed by atoms with Crippen molar-refractivity contribution in [2.45, 2.75) is 90.2 Å². The highest BCUT2D eigenvalue weighted by Gasteiger charge is 2.58. The highest BCUT2D eigenvalue weighted by atomic mass is 16.6. The summed E-state index contributed by atoms with van der Waals surface area (Å²) >= 11 is 0. The van der Waals surface area contributed by atoms with Crippen molar-refractivity contribution in [3.8, 4) is 0 Å². The fourth-order valence-electron chi connectivity index (χ4n) is 8.19. The van der Waals surface area contributed by atoms with Gasteiger partial charge in [-0.2, -0.15) is 0 Å². The Labute approximate surface area is 196 Å². The minimum absolute atomic E-state index is 0.107. The summed E-state index contributed by atoms with van der Waals surface area (Å²) in [5, 5.41) is 24.2. The minimum atomic E-state index is -0.950. The maximum absolute atomic E-state index is 12.4. The topological polar surface area (TPSA) is 99.4 Å². The third kappa shape index (κ3) is 3.71. The van der Waals surface area contributed by atoms with Crippen LogP contribution in [0.1, 0.15) is 78.1 Å². The summed E-state index contributed by atoms with van der Waals surface area (Å²) < 4.78 is 0. The molecule has 5 unspecified atom stereocenters. The summed E-state index contributed by atoms with van der Waals surface area (Å²) in [4.78, 5) is 30.5. The molecule has 1 saturated heterocycles. The van der Waals surface area contributed by atoms with E-state index in [1.807, 2.05) is 0 Å². The fraction of sp³-hybridized carbons (Fsp3) is 0.808. The lowest BCUT2D eigenvalue weighted by Crippen LogP contribution is -2.51. The van der Waals surface area contributed by atoms with E-state index >= 15 is 0 Å². The van der Waals surface area contributed by atoms with Crippen LogP contribution in [0.4, 0.5) is 0 Å². The summed E-state index contributed by atoms with van der Waals surface area (Å²) in [6, 6.07) is -0.736. The van der Waals surface area contributed by atoms with Crippen molar-refractivity contribution in [3.63, 3.8) is 0 Å². The van der Waals surface area contributed by atoms with Crippen molar-refractivity contribution in [2.75, 3.05) is 13.2 Å². The Morgan fingerprint density at radius 3 is 2.73 bits per heavy atom. The van der Waals surface area contributed by atoms with E-state index in [4.69, 9.17) is 4.84 Å². The van der Waals surface area contributed by atoms with Gasteiger partial charge in [-0.3, -0.25) is 4.79 Å². The first kappa shape index (κ1) is 22.9. The number of carbonyl (C=O) groups excluding carboxylic acids is 1. The van der Waals surface area contributed by atoms with E-state index in [0.29, 0.717) is 37.1 Å². The van der Waals surface area contributed by atoms with Gasteiger partial charge in [0.05, 0.1) is 11.8 Å². The number of oxime groups is 1. The minimum Gasteiger partial charge on any atom is -0.480 e. The lowest BCUT2D eigenvalue weighted by molar-refractivity contribution is -0.150. The van der Waals surface area contributed by atoms with Crippen LogP contribution in [-0.2, 0) is 14.4 Å². The maximum Gasteiger partial charge on any atom is 0.326 e. The lowest BCUT2D eigenvalue weighted by atomic mass is 9.47. The normalized spacial score (nSPS) is 43.5. The number of hydrogen-bond acceptors (Lipinski definition) is 5. The van der Waals surface area contributed by atoms with Crippen LogP contribution in [-0.4, -0.2) is 58.0 Å². The Kier molecular flexibility index (Phi) is 5.82. The Hall–Kier alpha value is -1.89. The molecule has 4 fully saturated rings. The molecule has 7 atom stereocenters. The molecule has 0 aromatic rings. The molecule has 7 heteroatoms. The number of carboxylic acid groups (broad SMARTS) is 1. The van der Waals surface area contributed by atoms with Crippen LogP contribution in [0.15, 0.2) is 16.8 Å². The molecule has 0 aromatic carbocycles. The molecule has 1 aliphatic heterocycles. The quantitative estimate of drug-likeness (QED) is 0.625. The van der Waals surface area contributed by atoms with Crippen LogP contribution in [0.5, 0.6) is 0 Å².